The van der Waals surface area contributed by atoms with Crippen molar-refractivity contribution >= 4 is 5.97 Å². The molecule has 1 rings (SSSR count). The van der Waals surface area contributed by atoms with Crippen molar-refractivity contribution in [3.8, 4) is 0 Å². The standard InChI is InChI=1S/C18H32O5/c1-2-3-5-9-15-10-7-4-6-8-14(19)13-17(21)16(20)11-12-18(22)23-15/h11-12,14-17,19-21H,2-10,13H2,1H3/b12-11+/t14-,15+,16-,17+/m1/s1. The van der Waals surface area contributed by atoms with Gasteiger partial charge in [-0.3, -0.25) is 0 Å². The molecule has 4 atom stereocenters. The number of unbranched alkanes of at least 4 members (excludes halogenated alkanes) is 2. The van der Waals surface area contributed by atoms with Crippen molar-refractivity contribution < 1.29 is 24.9 Å². The molecule has 0 aromatic carbocycles. The highest BCUT2D eigenvalue weighted by atomic mass is 16.5. The van der Waals surface area contributed by atoms with Crippen molar-refractivity contribution in [2.24, 2.45) is 0 Å². The van der Waals surface area contributed by atoms with E-state index in [9.17, 15) is 20.1 Å². The van der Waals surface area contributed by atoms with Crippen LogP contribution in [-0.4, -0.2) is 45.7 Å². The molecule has 0 saturated heterocycles. The summed E-state index contributed by atoms with van der Waals surface area (Å²) in [5, 5.41) is 29.5. The summed E-state index contributed by atoms with van der Waals surface area (Å²) in [6, 6.07) is 0. The maximum atomic E-state index is 11.9. The third-order valence-electron chi connectivity index (χ3n) is 4.31. The fraction of sp³-hybridized carbons (Fsp3) is 0.833. The van der Waals surface area contributed by atoms with Crippen molar-refractivity contribution in [1.29, 1.82) is 0 Å². The van der Waals surface area contributed by atoms with E-state index in [4.69, 9.17) is 4.74 Å². The van der Waals surface area contributed by atoms with Crippen LogP contribution in [0.5, 0.6) is 0 Å². The number of hydrogen-bond acceptors (Lipinski definition) is 5. The highest BCUT2D eigenvalue weighted by Gasteiger charge is 2.19. The number of carbonyl (C=O) groups excluding carboxylic acids is 1. The molecule has 0 amide bonds. The topological polar surface area (TPSA) is 87.0 Å². The van der Waals surface area contributed by atoms with Crippen LogP contribution in [0.25, 0.3) is 0 Å². The third kappa shape index (κ3) is 9.08. The van der Waals surface area contributed by atoms with E-state index in [0.717, 1.165) is 51.4 Å². The van der Waals surface area contributed by atoms with E-state index >= 15 is 0 Å². The molecule has 0 bridgehead atoms. The van der Waals surface area contributed by atoms with E-state index in [-0.39, 0.29) is 12.5 Å². The normalized spacial score (nSPS) is 32.8. The molecule has 1 aliphatic rings. The molecular weight excluding hydrogens is 296 g/mol. The smallest absolute Gasteiger partial charge is 0.330 e. The van der Waals surface area contributed by atoms with Crippen LogP contribution in [-0.2, 0) is 9.53 Å². The molecule has 0 aromatic rings. The molecule has 1 heterocycles. The molecular formula is C18H32O5. The Kier molecular flexibility index (Phi) is 10.2. The number of aliphatic hydroxyl groups is 3. The Hall–Kier alpha value is -0.910. The maximum absolute atomic E-state index is 11.9. The summed E-state index contributed by atoms with van der Waals surface area (Å²) >= 11 is 0. The number of ether oxygens (including phenoxy) is 1. The second-order valence-electron chi connectivity index (χ2n) is 6.50. The molecule has 1 aliphatic heterocycles. The summed E-state index contributed by atoms with van der Waals surface area (Å²) in [5.41, 5.74) is 0. The molecule has 0 aliphatic carbocycles. The van der Waals surface area contributed by atoms with Crippen molar-refractivity contribution in [1.82, 2.24) is 0 Å². The van der Waals surface area contributed by atoms with E-state index in [0.29, 0.717) is 6.42 Å². The molecule has 0 spiro atoms. The summed E-state index contributed by atoms with van der Waals surface area (Å²) < 4.78 is 5.48. The molecule has 0 unspecified atom stereocenters. The van der Waals surface area contributed by atoms with Crippen molar-refractivity contribution in [2.45, 2.75) is 95.5 Å². The van der Waals surface area contributed by atoms with Gasteiger partial charge in [0.1, 0.15) is 6.10 Å². The lowest BCUT2D eigenvalue weighted by molar-refractivity contribution is -0.143. The van der Waals surface area contributed by atoms with E-state index in [2.05, 4.69) is 6.92 Å². The average molecular weight is 328 g/mol. The zero-order valence-corrected chi connectivity index (χ0v) is 14.2. The second-order valence-corrected chi connectivity index (χ2v) is 6.50. The Morgan fingerprint density at radius 3 is 2.61 bits per heavy atom. The van der Waals surface area contributed by atoms with E-state index in [1.165, 1.54) is 12.2 Å². The Morgan fingerprint density at radius 2 is 1.87 bits per heavy atom. The van der Waals surface area contributed by atoms with Gasteiger partial charge in [0.25, 0.3) is 0 Å². The van der Waals surface area contributed by atoms with Crippen LogP contribution in [0.15, 0.2) is 12.2 Å². The zero-order chi connectivity index (χ0) is 17.1. The summed E-state index contributed by atoms with van der Waals surface area (Å²) in [4.78, 5) is 11.9. The minimum Gasteiger partial charge on any atom is -0.459 e. The first-order chi connectivity index (χ1) is 11.0. The molecule has 134 valence electrons. The fourth-order valence-corrected chi connectivity index (χ4v) is 2.86. The Balaban J connectivity index is 2.63. The Morgan fingerprint density at radius 1 is 1.13 bits per heavy atom. The first-order valence-corrected chi connectivity index (χ1v) is 8.96. The van der Waals surface area contributed by atoms with Crippen LogP contribution in [0.2, 0.25) is 0 Å². The zero-order valence-electron chi connectivity index (χ0n) is 14.2. The second kappa shape index (κ2) is 11.6. The van der Waals surface area contributed by atoms with Crippen LogP contribution in [0.3, 0.4) is 0 Å². The van der Waals surface area contributed by atoms with Gasteiger partial charge in [0, 0.05) is 12.5 Å². The lowest BCUT2D eigenvalue weighted by Crippen LogP contribution is -2.29. The van der Waals surface area contributed by atoms with Gasteiger partial charge in [-0.2, -0.15) is 0 Å². The number of hydrogen-bond donors (Lipinski definition) is 3. The lowest BCUT2D eigenvalue weighted by Gasteiger charge is -2.20. The first kappa shape index (κ1) is 20.1. The summed E-state index contributed by atoms with van der Waals surface area (Å²) in [6.45, 7) is 2.14. The maximum Gasteiger partial charge on any atom is 0.330 e. The average Bonchev–Trinajstić information content (AvgIpc) is 2.51. The van der Waals surface area contributed by atoms with Gasteiger partial charge in [0.05, 0.1) is 18.3 Å². The number of cyclic esters (lactones) is 1. The van der Waals surface area contributed by atoms with Crippen molar-refractivity contribution in [3.05, 3.63) is 12.2 Å². The lowest BCUT2D eigenvalue weighted by atomic mass is 9.99. The Bertz CT molecular complexity index is 355. The highest BCUT2D eigenvalue weighted by molar-refractivity contribution is 5.82. The quantitative estimate of drug-likeness (QED) is 0.545. The van der Waals surface area contributed by atoms with Gasteiger partial charge < -0.3 is 20.1 Å². The van der Waals surface area contributed by atoms with Crippen LogP contribution in [0.4, 0.5) is 0 Å². The van der Waals surface area contributed by atoms with E-state index in [1.54, 1.807) is 0 Å². The van der Waals surface area contributed by atoms with Gasteiger partial charge in [0.2, 0.25) is 0 Å². The van der Waals surface area contributed by atoms with Crippen molar-refractivity contribution in [2.75, 3.05) is 0 Å². The summed E-state index contributed by atoms with van der Waals surface area (Å²) in [5.74, 6) is -0.477. The molecule has 5 nitrogen and oxygen atoms in total. The van der Waals surface area contributed by atoms with Gasteiger partial charge in [0.15, 0.2) is 0 Å². The molecule has 23 heavy (non-hydrogen) atoms. The van der Waals surface area contributed by atoms with Crippen LogP contribution < -0.4 is 0 Å². The summed E-state index contributed by atoms with van der Waals surface area (Å²) in [7, 11) is 0. The first-order valence-electron chi connectivity index (χ1n) is 8.96. The van der Waals surface area contributed by atoms with Gasteiger partial charge in [-0.25, -0.2) is 4.79 Å². The largest absolute Gasteiger partial charge is 0.459 e. The molecule has 5 heteroatoms. The molecule has 3 N–H and O–H groups in total. The van der Waals surface area contributed by atoms with E-state index in [1.807, 2.05) is 0 Å². The van der Waals surface area contributed by atoms with Gasteiger partial charge in [-0.05, 0) is 38.2 Å². The molecule has 0 radical (unpaired) electrons. The van der Waals surface area contributed by atoms with Crippen LogP contribution >= 0.6 is 0 Å². The summed E-state index contributed by atoms with van der Waals surface area (Å²) in [6.07, 6.45) is 8.00. The SMILES string of the molecule is CCCCC[C@H]1CCCCC[C@@H](O)C[C@H](O)[C@H](O)/C=C/C(=O)O1. The predicted molar refractivity (Wildman–Crippen MR) is 88.9 cm³/mol. The molecule has 0 aromatic heterocycles. The van der Waals surface area contributed by atoms with Gasteiger partial charge >= 0.3 is 5.97 Å². The van der Waals surface area contributed by atoms with Crippen LogP contribution in [0, 0.1) is 0 Å². The predicted octanol–water partition coefficient (Wildman–Crippen LogP) is 2.47. The Labute approximate surface area is 139 Å². The third-order valence-corrected chi connectivity index (χ3v) is 4.31. The highest BCUT2D eigenvalue weighted by Crippen LogP contribution is 2.18. The monoisotopic (exact) mass is 328 g/mol. The molecule has 0 fully saturated rings. The van der Waals surface area contributed by atoms with E-state index < -0.39 is 24.3 Å². The number of carbonyl (C=O) groups is 1. The van der Waals surface area contributed by atoms with Gasteiger partial charge in [-0.1, -0.05) is 32.6 Å². The number of aliphatic hydroxyl groups excluding tert-OH is 3. The van der Waals surface area contributed by atoms with Gasteiger partial charge in [-0.15, -0.1) is 0 Å². The van der Waals surface area contributed by atoms with Crippen LogP contribution in [0.1, 0.15) is 71.1 Å². The van der Waals surface area contributed by atoms with Crippen molar-refractivity contribution in [3.63, 3.8) is 0 Å². The minimum absolute atomic E-state index is 0.0892. The molecule has 0 saturated carbocycles. The minimum atomic E-state index is -1.17. The number of rotatable bonds is 4. The fourth-order valence-electron chi connectivity index (χ4n) is 2.86. The number of esters is 1.